The molecule has 0 unspecified atom stereocenters. The predicted molar refractivity (Wildman–Crippen MR) is 97.7 cm³/mol. The third-order valence-corrected chi connectivity index (χ3v) is 4.25. The maximum atomic E-state index is 11.8. The fraction of sp³-hybridized carbons (Fsp3) is 0.222. The number of benzene rings is 2. The van der Waals surface area contributed by atoms with Crippen LogP contribution in [0.5, 0.6) is 11.5 Å². The van der Waals surface area contributed by atoms with Gasteiger partial charge in [0.1, 0.15) is 11.5 Å². The van der Waals surface area contributed by atoms with Gasteiger partial charge in [0.05, 0.1) is 12.8 Å². The Labute approximate surface area is 149 Å². The van der Waals surface area contributed by atoms with Crippen molar-refractivity contribution in [3.63, 3.8) is 0 Å². The molecule has 0 aromatic heterocycles. The second kappa shape index (κ2) is 8.49. The van der Waals surface area contributed by atoms with E-state index in [2.05, 4.69) is 26.5 Å². The monoisotopic (exact) mass is 390 g/mol. The molecule has 0 saturated heterocycles. The molecule has 2 rings (SSSR count). The molecular weight excluding hydrogens is 372 g/mol. The summed E-state index contributed by atoms with van der Waals surface area (Å²) in [6.45, 7) is 3.68. The zero-order valence-corrected chi connectivity index (χ0v) is 15.4. The number of halogens is 1. The quantitative estimate of drug-likeness (QED) is 0.604. The molecule has 0 saturated carbocycles. The van der Waals surface area contributed by atoms with Crippen LogP contribution in [0, 0.1) is 6.92 Å². The number of amides is 1. The van der Waals surface area contributed by atoms with Crippen LogP contribution in [0.4, 0.5) is 0 Å². The molecule has 0 heterocycles. The number of hydrogen-bond acceptors (Lipinski definition) is 4. The number of hydrogen-bond donors (Lipinski definition) is 1. The topological polar surface area (TPSA) is 59.9 Å². The van der Waals surface area contributed by atoms with E-state index in [4.69, 9.17) is 9.47 Å². The number of nitrogens with zero attached hydrogens (tertiary/aromatic N) is 1. The van der Waals surface area contributed by atoms with Crippen LogP contribution in [0.25, 0.3) is 0 Å². The van der Waals surface area contributed by atoms with Gasteiger partial charge in [0.25, 0.3) is 5.91 Å². The van der Waals surface area contributed by atoms with E-state index in [-0.39, 0.29) is 12.5 Å². The van der Waals surface area contributed by atoms with Crippen molar-refractivity contribution < 1.29 is 14.3 Å². The molecule has 0 spiro atoms. The highest BCUT2D eigenvalue weighted by Crippen LogP contribution is 2.21. The van der Waals surface area contributed by atoms with Crippen molar-refractivity contribution in [3.05, 3.63) is 58.1 Å². The number of hydrazone groups is 1. The van der Waals surface area contributed by atoms with Crippen LogP contribution >= 0.6 is 15.9 Å². The van der Waals surface area contributed by atoms with Crippen molar-refractivity contribution in [2.45, 2.75) is 13.8 Å². The Bertz CT molecular complexity index is 742. The molecule has 6 heteroatoms. The third kappa shape index (κ3) is 5.09. The first kappa shape index (κ1) is 18.0. The van der Waals surface area contributed by atoms with Crippen molar-refractivity contribution in [1.29, 1.82) is 0 Å². The molecule has 1 amide bonds. The second-order valence-electron chi connectivity index (χ2n) is 5.16. The van der Waals surface area contributed by atoms with Gasteiger partial charge in [0.15, 0.2) is 6.61 Å². The Morgan fingerprint density at radius 3 is 2.46 bits per heavy atom. The summed E-state index contributed by atoms with van der Waals surface area (Å²) in [5.41, 5.74) is 5.13. The van der Waals surface area contributed by atoms with Crippen LogP contribution in [-0.2, 0) is 4.79 Å². The van der Waals surface area contributed by atoms with E-state index in [1.807, 2.05) is 50.2 Å². The molecule has 0 atom stereocenters. The van der Waals surface area contributed by atoms with Crippen molar-refractivity contribution in [3.8, 4) is 11.5 Å². The van der Waals surface area contributed by atoms with E-state index in [1.54, 1.807) is 13.2 Å². The molecule has 2 aromatic carbocycles. The van der Waals surface area contributed by atoms with E-state index in [1.165, 1.54) is 0 Å². The number of carbonyl (C=O) groups is 1. The van der Waals surface area contributed by atoms with Gasteiger partial charge in [-0.05, 0) is 67.4 Å². The van der Waals surface area contributed by atoms with Gasteiger partial charge in [-0.2, -0.15) is 5.10 Å². The van der Waals surface area contributed by atoms with Crippen LogP contribution in [0.2, 0.25) is 0 Å². The highest BCUT2D eigenvalue weighted by Gasteiger charge is 2.04. The number of nitrogens with one attached hydrogen (secondary N) is 1. The lowest BCUT2D eigenvalue weighted by molar-refractivity contribution is -0.123. The van der Waals surface area contributed by atoms with E-state index in [9.17, 15) is 4.79 Å². The summed E-state index contributed by atoms with van der Waals surface area (Å²) in [6.07, 6.45) is 0. The molecule has 0 radical (unpaired) electrons. The van der Waals surface area contributed by atoms with E-state index >= 15 is 0 Å². The van der Waals surface area contributed by atoms with Crippen LogP contribution in [0.3, 0.4) is 0 Å². The van der Waals surface area contributed by atoms with Crippen molar-refractivity contribution in [1.82, 2.24) is 5.43 Å². The van der Waals surface area contributed by atoms with Gasteiger partial charge in [-0.15, -0.1) is 0 Å². The van der Waals surface area contributed by atoms with E-state index < -0.39 is 0 Å². The summed E-state index contributed by atoms with van der Waals surface area (Å²) >= 11 is 3.42. The molecule has 0 aliphatic carbocycles. The molecule has 5 nitrogen and oxygen atoms in total. The average molecular weight is 391 g/mol. The van der Waals surface area contributed by atoms with Gasteiger partial charge in [0, 0.05) is 4.47 Å². The maximum Gasteiger partial charge on any atom is 0.277 e. The minimum Gasteiger partial charge on any atom is -0.497 e. The minimum absolute atomic E-state index is 0.0968. The van der Waals surface area contributed by atoms with Gasteiger partial charge in [-0.1, -0.05) is 15.9 Å². The zero-order chi connectivity index (χ0) is 17.5. The Morgan fingerprint density at radius 2 is 1.83 bits per heavy atom. The highest BCUT2D eigenvalue weighted by molar-refractivity contribution is 9.10. The molecular formula is C18H19BrN2O3. The van der Waals surface area contributed by atoms with Crippen molar-refractivity contribution >= 4 is 27.5 Å². The Hall–Kier alpha value is -2.34. The molecule has 0 aliphatic rings. The predicted octanol–water partition coefficient (Wildman–Crippen LogP) is 3.69. The fourth-order valence-corrected chi connectivity index (χ4v) is 2.18. The summed E-state index contributed by atoms with van der Waals surface area (Å²) in [6, 6.07) is 13.0. The summed E-state index contributed by atoms with van der Waals surface area (Å²) in [4.78, 5) is 11.8. The lowest BCUT2D eigenvalue weighted by Gasteiger charge is -2.07. The summed E-state index contributed by atoms with van der Waals surface area (Å²) in [5.74, 6) is 1.10. The summed E-state index contributed by atoms with van der Waals surface area (Å²) < 4.78 is 11.6. The molecule has 1 N–H and O–H groups in total. The average Bonchev–Trinajstić information content (AvgIpc) is 2.60. The highest BCUT2D eigenvalue weighted by atomic mass is 79.9. The van der Waals surface area contributed by atoms with Gasteiger partial charge in [-0.3, -0.25) is 4.79 Å². The second-order valence-corrected chi connectivity index (χ2v) is 6.01. The third-order valence-electron chi connectivity index (χ3n) is 3.36. The number of aryl methyl sites for hydroxylation is 1. The van der Waals surface area contributed by atoms with Crippen LogP contribution in [0.15, 0.2) is 52.0 Å². The number of carbonyl (C=O) groups excluding carboxylic acids is 1. The van der Waals surface area contributed by atoms with Crippen LogP contribution in [0.1, 0.15) is 18.1 Å². The summed E-state index contributed by atoms with van der Waals surface area (Å²) in [5, 5.41) is 4.08. The standard InChI is InChI=1S/C18H19BrN2O3/c1-12-10-16(8-9-17(12)19)24-11-18(22)21-20-13(2)14-4-6-15(23-3)7-5-14/h4-10H,11H2,1-3H3,(H,21,22)/b20-13+. The normalized spacial score (nSPS) is 11.1. The van der Waals surface area contributed by atoms with Crippen LogP contribution < -0.4 is 14.9 Å². The van der Waals surface area contributed by atoms with Gasteiger partial charge >= 0.3 is 0 Å². The molecule has 2 aromatic rings. The first-order valence-electron chi connectivity index (χ1n) is 7.36. The van der Waals surface area contributed by atoms with Gasteiger partial charge < -0.3 is 9.47 Å². The smallest absolute Gasteiger partial charge is 0.277 e. The zero-order valence-electron chi connectivity index (χ0n) is 13.8. The molecule has 24 heavy (non-hydrogen) atoms. The largest absolute Gasteiger partial charge is 0.497 e. The fourth-order valence-electron chi connectivity index (χ4n) is 1.93. The maximum absolute atomic E-state index is 11.8. The Kier molecular flexibility index (Phi) is 6.37. The Morgan fingerprint density at radius 1 is 1.17 bits per heavy atom. The van der Waals surface area contributed by atoms with Crippen molar-refractivity contribution in [2.75, 3.05) is 13.7 Å². The number of methoxy groups -OCH3 is 1. The van der Waals surface area contributed by atoms with E-state index in [0.29, 0.717) is 11.5 Å². The SMILES string of the molecule is COc1ccc(/C(C)=N/NC(=O)COc2ccc(Br)c(C)c2)cc1. The van der Waals surface area contributed by atoms with E-state index in [0.717, 1.165) is 21.3 Å². The number of ether oxygens (including phenoxy) is 2. The minimum atomic E-state index is -0.316. The lowest BCUT2D eigenvalue weighted by atomic mass is 10.1. The number of rotatable bonds is 6. The van der Waals surface area contributed by atoms with Gasteiger partial charge in [-0.25, -0.2) is 5.43 Å². The van der Waals surface area contributed by atoms with Crippen LogP contribution in [-0.4, -0.2) is 25.3 Å². The first-order chi connectivity index (χ1) is 11.5. The molecule has 126 valence electrons. The first-order valence-corrected chi connectivity index (χ1v) is 8.15. The van der Waals surface area contributed by atoms with Gasteiger partial charge in [0.2, 0.25) is 0 Å². The molecule has 0 bridgehead atoms. The van der Waals surface area contributed by atoms with Crippen molar-refractivity contribution in [2.24, 2.45) is 5.10 Å². The Balaban J connectivity index is 1.87. The summed E-state index contributed by atoms with van der Waals surface area (Å²) in [7, 11) is 1.61. The molecule has 0 fully saturated rings. The molecule has 0 aliphatic heterocycles. The lowest BCUT2D eigenvalue weighted by Crippen LogP contribution is -2.25.